The summed E-state index contributed by atoms with van der Waals surface area (Å²) >= 11 is 0. The second-order valence-corrected chi connectivity index (χ2v) is 5.86. The number of carboxylic acids is 1. The van der Waals surface area contributed by atoms with Gasteiger partial charge in [0.2, 0.25) is 0 Å². The Labute approximate surface area is 118 Å². The molecule has 0 aromatic heterocycles. The van der Waals surface area contributed by atoms with Crippen molar-refractivity contribution in [3.05, 3.63) is 34.9 Å². The van der Waals surface area contributed by atoms with Crippen molar-refractivity contribution in [3.8, 4) is 0 Å². The van der Waals surface area contributed by atoms with Crippen molar-refractivity contribution < 1.29 is 14.7 Å². The smallest absolute Gasteiger partial charge is 0.306 e. The third-order valence-corrected chi connectivity index (χ3v) is 4.48. The molecule has 2 atom stereocenters. The van der Waals surface area contributed by atoms with Crippen molar-refractivity contribution in [1.82, 2.24) is 5.32 Å². The molecule has 20 heavy (non-hydrogen) atoms. The second-order valence-electron chi connectivity index (χ2n) is 5.86. The summed E-state index contributed by atoms with van der Waals surface area (Å²) < 4.78 is 0. The van der Waals surface area contributed by atoms with Gasteiger partial charge in [0, 0.05) is 11.6 Å². The Morgan fingerprint density at radius 3 is 2.70 bits per heavy atom. The third kappa shape index (κ3) is 2.55. The molecule has 4 heteroatoms. The number of nitrogens with one attached hydrogen (secondary N) is 1. The van der Waals surface area contributed by atoms with Gasteiger partial charge in [0.25, 0.3) is 5.91 Å². The molecule has 0 aliphatic heterocycles. The number of carbonyl (C=O) groups is 2. The first-order valence-electron chi connectivity index (χ1n) is 7.29. The number of rotatable bonds is 3. The van der Waals surface area contributed by atoms with E-state index in [0.717, 1.165) is 19.3 Å². The topological polar surface area (TPSA) is 66.4 Å². The minimum atomic E-state index is -0.751. The molecule has 4 nitrogen and oxygen atoms in total. The highest BCUT2D eigenvalue weighted by atomic mass is 16.4. The van der Waals surface area contributed by atoms with Crippen LogP contribution in [0.3, 0.4) is 0 Å². The van der Waals surface area contributed by atoms with E-state index < -0.39 is 5.97 Å². The summed E-state index contributed by atoms with van der Waals surface area (Å²) in [5.41, 5.74) is 3.34. The van der Waals surface area contributed by atoms with Crippen molar-refractivity contribution in [3.63, 3.8) is 0 Å². The Hall–Kier alpha value is -1.84. The standard InChI is InChI=1S/C16H19NO3/c18-15(17-14-7-6-13(9-14)16(19)20)12-5-4-10-2-1-3-11(10)8-12/h4-5,8,13-14H,1-3,6-7,9H2,(H,17,18)(H,19,20)/t13-,14+/m0/s1. The van der Waals surface area contributed by atoms with E-state index in [1.807, 2.05) is 18.2 Å². The van der Waals surface area contributed by atoms with E-state index in [-0.39, 0.29) is 17.9 Å². The van der Waals surface area contributed by atoms with Crippen molar-refractivity contribution >= 4 is 11.9 Å². The molecule has 1 amide bonds. The number of carbonyl (C=O) groups excluding carboxylic acids is 1. The first kappa shape index (κ1) is 13.2. The van der Waals surface area contributed by atoms with Gasteiger partial charge in [0.1, 0.15) is 0 Å². The number of amides is 1. The molecule has 2 aliphatic rings. The lowest BCUT2D eigenvalue weighted by Crippen LogP contribution is -2.33. The largest absolute Gasteiger partial charge is 0.481 e. The summed E-state index contributed by atoms with van der Waals surface area (Å²) in [5.74, 6) is -1.13. The van der Waals surface area contributed by atoms with Gasteiger partial charge in [-0.1, -0.05) is 6.07 Å². The fourth-order valence-electron chi connectivity index (χ4n) is 3.32. The van der Waals surface area contributed by atoms with E-state index in [2.05, 4.69) is 5.32 Å². The van der Waals surface area contributed by atoms with Gasteiger partial charge < -0.3 is 10.4 Å². The summed E-state index contributed by atoms with van der Waals surface area (Å²) in [6, 6.07) is 5.91. The number of benzene rings is 1. The molecule has 1 saturated carbocycles. The van der Waals surface area contributed by atoms with Crippen LogP contribution in [0.2, 0.25) is 0 Å². The van der Waals surface area contributed by atoms with Gasteiger partial charge in [-0.3, -0.25) is 9.59 Å². The molecule has 0 unspecified atom stereocenters. The molecule has 106 valence electrons. The number of hydrogen-bond acceptors (Lipinski definition) is 2. The Balaban J connectivity index is 1.64. The van der Waals surface area contributed by atoms with Crippen LogP contribution in [-0.2, 0) is 17.6 Å². The van der Waals surface area contributed by atoms with Gasteiger partial charge in [-0.25, -0.2) is 0 Å². The van der Waals surface area contributed by atoms with Gasteiger partial charge in [-0.15, -0.1) is 0 Å². The van der Waals surface area contributed by atoms with Crippen molar-refractivity contribution in [2.75, 3.05) is 0 Å². The normalized spacial score (nSPS) is 24.4. The van der Waals surface area contributed by atoms with E-state index in [9.17, 15) is 9.59 Å². The first-order chi connectivity index (χ1) is 9.63. The molecule has 1 aromatic carbocycles. The number of fused-ring (bicyclic) bond motifs is 1. The molecular weight excluding hydrogens is 254 g/mol. The number of carboxylic acid groups (broad SMARTS) is 1. The number of hydrogen-bond donors (Lipinski definition) is 2. The molecule has 0 spiro atoms. The molecule has 0 bridgehead atoms. The van der Waals surface area contributed by atoms with Crippen molar-refractivity contribution in [2.24, 2.45) is 5.92 Å². The van der Waals surface area contributed by atoms with Gasteiger partial charge in [-0.05, 0) is 61.8 Å². The first-order valence-corrected chi connectivity index (χ1v) is 7.29. The second kappa shape index (κ2) is 5.27. The highest BCUT2D eigenvalue weighted by molar-refractivity contribution is 5.94. The maximum Gasteiger partial charge on any atom is 0.306 e. The molecule has 3 rings (SSSR count). The maximum atomic E-state index is 12.2. The highest BCUT2D eigenvalue weighted by Crippen LogP contribution is 2.26. The summed E-state index contributed by atoms with van der Waals surface area (Å²) in [5, 5.41) is 11.9. The predicted molar refractivity (Wildman–Crippen MR) is 74.7 cm³/mol. The Kier molecular flexibility index (Phi) is 3.47. The molecule has 1 aromatic rings. The fraction of sp³-hybridized carbons (Fsp3) is 0.500. The van der Waals surface area contributed by atoms with Gasteiger partial charge in [0.15, 0.2) is 0 Å². The minimum Gasteiger partial charge on any atom is -0.481 e. The summed E-state index contributed by atoms with van der Waals surface area (Å²) in [7, 11) is 0. The summed E-state index contributed by atoms with van der Waals surface area (Å²) in [4.78, 5) is 23.1. The molecule has 2 N–H and O–H groups in total. The van der Waals surface area contributed by atoms with Crippen LogP contribution in [0.4, 0.5) is 0 Å². The third-order valence-electron chi connectivity index (χ3n) is 4.48. The van der Waals surface area contributed by atoms with Crippen LogP contribution >= 0.6 is 0 Å². The zero-order chi connectivity index (χ0) is 14.1. The highest BCUT2D eigenvalue weighted by Gasteiger charge is 2.30. The molecule has 1 fully saturated rings. The average molecular weight is 273 g/mol. The zero-order valence-electron chi connectivity index (χ0n) is 11.4. The van der Waals surface area contributed by atoms with E-state index in [0.29, 0.717) is 18.4 Å². The fourth-order valence-corrected chi connectivity index (χ4v) is 3.32. The lowest BCUT2D eigenvalue weighted by molar-refractivity contribution is -0.141. The van der Waals surface area contributed by atoms with Gasteiger partial charge >= 0.3 is 5.97 Å². The van der Waals surface area contributed by atoms with E-state index in [1.54, 1.807) is 0 Å². The Bertz CT molecular complexity index is 553. The van der Waals surface area contributed by atoms with Crippen LogP contribution < -0.4 is 5.32 Å². The number of aryl methyl sites for hydroxylation is 2. The lowest BCUT2D eigenvalue weighted by Gasteiger charge is -2.13. The van der Waals surface area contributed by atoms with Crippen LogP contribution in [-0.4, -0.2) is 23.0 Å². The van der Waals surface area contributed by atoms with Gasteiger partial charge in [0.05, 0.1) is 5.92 Å². The predicted octanol–water partition coefficient (Wildman–Crippen LogP) is 2.16. The molecule has 0 saturated heterocycles. The minimum absolute atomic E-state index is 0.00291. The van der Waals surface area contributed by atoms with Crippen LogP contribution in [0.5, 0.6) is 0 Å². The SMILES string of the molecule is O=C(N[C@@H]1CC[C@H](C(=O)O)C1)c1ccc2c(c1)CCC2. The zero-order valence-corrected chi connectivity index (χ0v) is 11.4. The maximum absolute atomic E-state index is 12.2. The van der Waals surface area contributed by atoms with Crippen molar-refractivity contribution in [2.45, 2.75) is 44.6 Å². The molecule has 0 heterocycles. The Morgan fingerprint density at radius 2 is 1.95 bits per heavy atom. The van der Waals surface area contributed by atoms with Crippen molar-refractivity contribution in [1.29, 1.82) is 0 Å². The average Bonchev–Trinajstić information content (AvgIpc) is 3.05. The van der Waals surface area contributed by atoms with E-state index >= 15 is 0 Å². The van der Waals surface area contributed by atoms with Crippen LogP contribution in [0, 0.1) is 5.92 Å². The summed E-state index contributed by atoms with van der Waals surface area (Å²) in [6.07, 6.45) is 5.30. The monoisotopic (exact) mass is 273 g/mol. The number of aliphatic carboxylic acids is 1. The van der Waals surface area contributed by atoms with E-state index in [4.69, 9.17) is 5.11 Å². The lowest BCUT2D eigenvalue weighted by atomic mass is 10.1. The summed E-state index contributed by atoms with van der Waals surface area (Å²) in [6.45, 7) is 0. The Morgan fingerprint density at radius 1 is 1.15 bits per heavy atom. The molecular formula is C16H19NO3. The van der Waals surface area contributed by atoms with Crippen LogP contribution in [0.15, 0.2) is 18.2 Å². The molecule has 2 aliphatic carbocycles. The van der Waals surface area contributed by atoms with E-state index in [1.165, 1.54) is 17.5 Å². The van der Waals surface area contributed by atoms with Gasteiger partial charge in [-0.2, -0.15) is 0 Å². The van der Waals surface area contributed by atoms with Crippen LogP contribution in [0.25, 0.3) is 0 Å². The quantitative estimate of drug-likeness (QED) is 0.887. The molecule has 0 radical (unpaired) electrons. The van der Waals surface area contributed by atoms with Crippen LogP contribution in [0.1, 0.15) is 47.2 Å².